The van der Waals surface area contributed by atoms with Gasteiger partial charge in [-0.1, -0.05) is 6.42 Å². The molecule has 1 aliphatic carbocycles. The van der Waals surface area contributed by atoms with Crippen molar-refractivity contribution in [2.75, 3.05) is 40.3 Å². The average Bonchev–Trinajstić information content (AvgIpc) is 2.89. The minimum atomic E-state index is -3.22. The molecule has 2 aliphatic rings. The van der Waals surface area contributed by atoms with Crippen LogP contribution in [0.5, 0.6) is 0 Å². The Kier molecular flexibility index (Phi) is 4.64. The van der Waals surface area contributed by atoms with Crippen LogP contribution in [0.3, 0.4) is 0 Å². The molecule has 2 fully saturated rings. The van der Waals surface area contributed by atoms with Gasteiger partial charge in [0.2, 0.25) is 0 Å². The number of hydrogen-bond donors (Lipinski definition) is 1. The molecule has 0 amide bonds. The van der Waals surface area contributed by atoms with Crippen molar-refractivity contribution in [2.45, 2.75) is 25.7 Å². The normalized spacial score (nSPS) is 29.1. The maximum Gasteiger partial charge on any atom is 0.281 e. The molecule has 1 aliphatic heterocycles. The standard InChI is InChI=1S/C12H25N3O2S/c1-13-7-4-8-14(2)18(16,17)15-9-11-5-3-6-12(11)10-15/h11-13H,3-10H2,1-2H3. The quantitative estimate of drug-likeness (QED) is 0.718. The van der Waals surface area contributed by atoms with E-state index < -0.39 is 10.2 Å². The van der Waals surface area contributed by atoms with E-state index >= 15 is 0 Å². The molecular formula is C12H25N3O2S. The summed E-state index contributed by atoms with van der Waals surface area (Å²) in [5.74, 6) is 1.23. The van der Waals surface area contributed by atoms with Crippen LogP contribution in [0, 0.1) is 11.8 Å². The highest BCUT2D eigenvalue weighted by Gasteiger charge is 2.41. The number of nitrogens with one attached hydrogen (secondary N) is 1. The van der Waals surface area contributed by atoms with Crippen molar-refractivity contribution in [3.05, 3.63) is 0 Å². The summed E-state index contributed by atoms with van der Waals surface area (Å²) in [7, 11) is 0.356. The van der Waals surface area contributed by atoms with Gasteiger partial charge in [0.25, 0.3) is 10.2 Å². The van der Waals surface area contributed by atoms with Crippen molar-refractivity contribution < 1.29 is 8.42 Å². The fraction of sp³-hybridized carbons (Fsp3) is 1.00. The van der Waals surface area contributed by atoms with Crippen LogP contribution in [0.15, 0.2) is 0 Å². The van der Waals surface area contributed by atoms with Gasteiger partial charge in [0.15, 0.2) is 0 Å². The molecule has 0 radical (unpaired) electrons. The lowest BCUT2D eigenvalue weighted by Gasteiger charge is -2.24. The molecule has 1 saturated heterocycles. The predicted molar refractivity (Wildman–Crippen MR) is 72.5 cm³/mol. The van der Waals surface area contributed by atoms with E-state index in [1.54, 1.807) is 11.4 Å². The lowest BCUT2D eigenvalue weighted by Crippen LogP contribution is -2.41. The number of nitrogens with zero attached hydrogens (tertiary/aromatic N) is 2. The van der Waals surface area contributed by atoms with Gasteiger partial charge in [-0.05, 0) is 44.7 Å². The second kappa shape index (κ2) is 5.86. The Balaban J connectivity index is 1.90. The SMILES string of the molecule is CNCCCN(C)S(=O)(=O)N1CC2CCCC2C1. The van der Waals surface area contributed by atoms with Gasteiger partial charge in [-0.3, -0.25) is 0 Å². The van der Waals surface area contributed by atoms with Crippen molar-refractivity contribution in [2.24, 2.45) is 11.8 Å². The van der Waals surface area contributed by atoms with E-state index in [0.717, 1.165) is 26.1 Å². The maximum absolute atomic E-state index is 12.4. The summed E-state index contributed by atoms with van der Waals surface area (Å²) in [6.07, 6.45) is 4.55. The Hall–Kier alpha value is -0.170. The molecule has 0 bridgehead atoms. The van der Waals surface area contributed by atoms with E-state index in [1.165, 1.54) is 23.6 Å². The topological polar surface area (TPSA) is 52.7 Å². The highest BCUT2D eigenvalue weighted by molar-refractivity contribution is 7.86. The van der Waals surface area contributed by atoms with Crippen LogP contribution >= 0.6 is 0 Å². The summed E-state index contributed by atoms with van der Waals surface area (Å²) in [5.41, 5.74) is 0. The Morgan fingerprint density at radius 2 is 1.89 bits per heavy atom. The summed E-state index contributed by atoms with van der Waals surface area (Å²) in [5, 5.41) is 3.04. The molecule has 2 unspecified atom stereocenters. The van der Waals surface area contributed by atoms with Crippen molar-refractivity contribution in [1.82, 2.24) is 13.9 Å². The maximum atomic E-state index is 12.4. The molecule has 0 spiro atoms. The smallest absolute Gasteiger partial charge is 0.281 e. The van der Waals surface area contributed by atoms with Gasteiger partial charge < -0.3 is 5.32 Å². The fourth-order valence-electron chi connectivity index (χ4n) is 3.17. The Labute approximate surface area is 111 Å². The molecule has 0 aromatic rings. The molecule has 18 heavy (non-hydrogen) atoms. The van der Waals surface area contributed by atoms with Gasteiger partial charge in [-0.25, -0.2) is 0 Å². The Bertz CT molecular complexity index is 360. The zero-order valence-electron chi connectivity index (χ0n) is 11.4. The average molecular weight is 275 g/mol. The highest BCUT2D eigenvalue weighted by atomic mass is 32.2. The van der Waals surface area contributed by atoms with Crippen LogP contribution in [0.2, 0.25) is 0 Å². The van der Waals surface area contributed by atoms with Crippen LogP contribution in [0.4, 0.5) is 0 Å². The zero-order valence-corrected chi connectivity index (χ0v) is 12.2. The van der Waals surface area contributed by atoms with E-state index in [9.17, 15) is 8.42 Å². The molecule has 0 aromatic carbocycles. The third-order valence-electron chi connectivity index (χ3n) is 4.31. The molecule has 2 rings (SSSR count). The number of fused-ring (bicyclic) bond motifs is 1. The van der Waals surface area contributed by atoms with Crippen molar-refractivity contribution in [1.29, 1.82) is 0 Å². The second-order valence-electron chi connectivity index (χ2n) is 5.55. The summed E-state index contributed by atoms with van der Waals surface area (Å²) < 4.78 is 28.0. The van der Waals surface area contributed by atoms with Crippen molar-refractivity contribution >= 4 is 10.2 Å². The molecule has 1 saturated carbocycles. The van der Waals surface area contributed by atoms with Crippen LogP contribution < -0.4 is 5.32 Å². The summed E-state index contributed by atoms with van der Waals surface area (Å²) in [6, 6.07) is 0. The minimum absolute atomic E-state index is 0.592. The lowest BCUT2D eigenvalue weighted by atomic mass is 10.0. The summed E-state index contributed by atoms with van der Waals surface area (Å²) in [6.45, 7) is 2.92. The molecular weight excluding hydrogens is 250 g/mol. The van der Waals surface area contributed by atoms with E-state index in [4.69, 9.17) is 0 Å². The second-order valence-corrected chi connectivity index (χ2v) is 7.59. The molecule has 106 valence electrons. The first-order valence-electron chi connectivity index (χ1n) is 6.91. The largest absolute Gasteiger partial charge is 0.320 e. The van der Waals surface area contributed by atoms with E-state index in [2.05, 4.69) is 5.32 Å². The third kappa shape index (κ3) is 2.87. The van der Waals surface area contributed by atoms with Crippen LogP contribution in [-0.4, -0.2) is 57.3 Å². The molecule has 2 atom stereocenters. The van der Waals surface area contributed by atoms with Gasteiger partial charge in [0.05, 0.1) is 0 Å². The minimum Gasteiger partial charge on any atom is -0.320 e. The van der Waals surface area contributed by atoms with Gasteiger partial charge in [0, 0.05) is 26.7 Å². The molecule has 1 heterocycles. The molecule has 6 heteroatoms. The van der Waals surface area contributed by atoms with Crippen LogP contribution in [-0.2, 0) is 10.2 Å². The van der Waals surface area contributed by atoms with E-state index in [-0.39, 0.29) is 0 Å². The molecule has 5 nitrogen and oxygen atoms in total. The third-order valence-corrected chi connectivity index (χ3v) is 6.23. The fourth-order valence-corrected chi connectivity index (χ4v) is 4.69. The highest BCUT2D eigenvalue weighted by Crippen LogP contribution is 2.38. The number of rotatable bonds is 6. The Morgan fingerprint density at radius 3 is 2.44 bits per heavy atom. The van der Waals surface area contributed by atoms with Gasteiger partial charge in [-0.15, -0.1) is 0 Å². The molecule has 0 aromatic heterocycles. The van der Waals surface area contributed by atoms with Gasteiger partial charge in [-0.2, -0.15) is 17.0 Å². The van der Waals surface area contributed by atoms with Crippen LogP contribution in [0.1, 0.15) is 25.7 Å². The first-order valence-corrected chi connectivity index (χ1v) is 8.31. The summed E-state index contributed by atoms with van der Waals surface area (Å²) in [4.78, 5) is 0. The van der Waals surface area contributed by atoms with E-state index in [1.807, 2.05) is 7.05 Å². The lowest BCUT2D eigenvalue weighted by molar-refractivity contribution is 0.376. The molecule has 1 N–H and O–H groups in total. The Morgan fingerprint density at radius 1 is 1.28 bits per heavy atom. The number of hydrogen-bond acceptors (Lipinski definition) is 3. The first kappa shape index (κ1) is 14.2. The summed E-state index contributed by atoms with van der Waals surface area (Å²) >= 11 is 0. The predicted octanol–water partition coefficient (Wildman–Crippen LogP) is 0.504. The van der Waals surface area contributed by atoms with Crippen LogP contribution in [0.25, 0.3) is 0 Å². The first-order chi connectivity index (χ1) is 8.55. The van der Waals surface area contributed by atoms with Gasteiger partial charge >= 0.3 is 0 Å². The van der Waals surface area contributed by atoms with Crippen molar-refractivity contribution in [3.63, 3.8) is 0 Å². The van der Waals surface area contributed by atoms with E-state index in [0.29, 0.717) is 18.4 Å². The van der Waals surface area contributed by atoms with Gasteiger partial charge in [0.1, 0.15) is 0 Å². The monoisotopic (exact) mass is 275 g/mol. The van der Waals surface area contributed by atoms with Crippen molar-refractivity contribution in [3.8, 4) is 0 Å². The zero-order chi connectivity index (χ0) is 13.2.